The van der Waals surface area contributed by atoms with Crippen molar-refractivity contribution in [3.63, 3.8) is 0 Å². The molecule has 1 aliphatic heterocycles. The van der Waals surface area contributed by atoms with Gasteiger partial charge in [0.15, 0.2) is 5.11 Å². The summed E-state index contributed by atoms with van der Waals surface area (Å²) in [6, 6.07) is 12.9. The molecule has 0 aromatic heterocycles. The lowest BCUT2D eigenvalue weighted by Gasteiger charge is -2.28. The molecule has 0 saturated carbocycles. The van der Waals surface area contributed by atoms with E-state index in [1.165, 1.54) is 17.7 Å². The van der Waals surface area contributed by atoms with Gasteiger partial charge in [-0.05, 0) is 30.3 Å². The predicted molar refractivity (Wildman–Crippen MR) is 112 cm³/mol. The topological polar surface area (TPSA) is 56.6 Å². The molecule has 0 bridgehead atoms. The molecule has 28 heavy (non-hydrogen) atoms. The van der Waals surface area contributed by atoms with Crippen molar-refractivity contribution >= 4 is 23.0 Å². The van der Waals surface area contributed by atoms with Crippen molar-refractivity contribution in [3.05, 3.63) is 65.2 Å². The van der Waals surface area contributed by atoms with Crippen molar-refractivity contribution in [2.75, 3.05) is 25.0 Å². The third-order valence-corrected chi connectivity index (χ3v) is 5.13. The summed E-state index contributed by atoms with van der Waals surface area (Å²) in [5.41, 5.74) is 12.2. The van der Waals surface area contributed by atoms with Crippen LogP contribution in [0.4, 0.5) is 14.5 Å². The highest BCUT2D eigenvalue weighted by Gasteiger charge is 2.27. The summed E-state index contributed by atoms with van der Waals surface area (Å²) in [6.45, 7) is 2.68. The second-order valence-corrected chi connectivity index (χ2v) is 7.45. The van der Waals surface area contributed by atoms with Gasteiger partial charge in [0.05, 0.1) is 5.69 Å². The number of nitrogens with one attached hydrogen (secondary N) is 2. The molecule has 1 atom stereocenters. The normalized spacial score (nSPS) is 16.9. The number of thiocarbonyl (C=S) groups is 1. The Bertz CT molecular complexity index is 818. The van der Waals surface area contributed by atoms with E-state index in [1.807, 2.05) is 30.1 Å². The zero-order valence-electron chi connectivity index (χ0n) is 15.8. The molecule has 4 N–H and O–H groups in total. The predicted octanol–water partition coefficient (Wildman–Crippen LogP) is 2.51. The zero-order valence-corrected chi connectivity index (χ0v) is 16.6. The molecule has 0 radical (unpaired) electrons. The van der Waals surface area contributed by atoms with E-state index in [0.29, 0.717) is 0 Å². The molecule has 0 aliphatic carbocycles. The van der Waals surface area contributed by atoms with Crippen LogP contribution in [0.15, 0.2) is 42.5 Å². The van der Waals surface area contributed by atoms with Gasteiger partial charge in [0.1, 0.15) is 11.6 Å². The van der Waals surface area contributed by atoms with Crippen LogP contribution in [0.5, 0.6) is 0 Å². The molecule has 1 heterocycles. The Morgan fingerprint density at radius 3 is 2.71 bits per heavy atom. The first kappa shape index (κ1) is 20.4. The van der Waals surface area contributed by atoms with Crippen LogP contribution in [0.1, 0.15) is 17.5 Å². The van der Waals surface area contributed by atoms with Gasteiger partial charge in [-0.3, -0.25) is 10.3 Å². The van der Waals surface area contributed by atoms with Gasteiger partial charge in [-0.2, -0.15) is 0 Å². The Morgan fingerprint density at radius 2 is 2.00 bits per heavy atom. The van der Waals surface area contributed by atoms with E-state index in [4.69, 9.17) is 5.73 Å². The van der Waals surface area contributed by atoms with Gasteiger partial charge in [-0.1, -0.05) is 30.3 Å². The van der Waals surface area contributed by atoms with Crippen molar-refractivity contribution in [3.8, 4) is 0 Å². The monoisotopic (exact) mass is 405 g/mol. The third kappa shape index (κ3) is 5.15. The largest absolute Gasteiger partial charge is 0.375 e. The third-order valence-electron chi connectivity index (χ3n) is 5.03. The van der Waals surface area contributed by atoms with Gasteiger partial charge < -0.3 is 10.6 Å². The summed E-state index contributed by atoms with van der Waals surface area (Å²) in [5.74, 6) is -0.919. The maximum Gasteiger partial charge on any atom is 0.178 e. The van der Waals surface area contributed by atoms with Crippen LogP contribution in [-0.4, -0.2) is 36.2 Å². The SMILES string of the molecule is CN(c1cc(F)c(CNNC(N)=S)cc1F)[C@@H]1CCN(Cc2ccccc2)C1. The van der Waals surface area contributed by atoms with Crippen molar-refractivity contribution in [2.24, 2.45) is 5.73 Å². The standard InChI is InChI=1S/C20H25F2N5S/c1-26(16-7-8-27(13-16)12-14-5-3-2-4-6-14)19-10-17(21)15(9-18(19)22)11-24-25-20(23)28/h2-6,9-10,16,24H,7-8,11-13H2,1H3,(H3,23,25,28)/t16-/m1/s1. The molecule has 0 amide bonds. The van der Waals surface area contributed by atoms with Crippen molar-refractivity contribution in [1.29, 1.82) is 0 Å². The average Bonchev–Trinajstić information content (AvgIpc) is 3.12. The number of likely N-dealkylation sites (tertiary alicyclic amines) is 1. The first-order chi connectivity index (χ1) is 13.4. The number of hydrogen-bond donors (Lipinski definition) is 3. The summed E-state index contributed by atoms with van der Waals surface area (Å²) in [7, 11) is 1.82. The van der Waals surface area contributed by atoms with Gasteiger partial charge in [-0.15, -0.1) is 0 Å². The van der Waals surface area contributed by atoms with E-state index < -0.39 is 11.6 Å². The van der Waals surface area contributed by atoms with E-state index in [-0.39, 0.29) is 28.9 Å². The fourth-order valence-corrected chi connectivity index (χ4v) is 3.59. The fraction of sp³-hybridized carbons (Fsp3) is 0.350. The molecular weight excluding hydrogens is 380 g/mol. The molecule has 150 valence electrons. The van der Waals surface area contributed by atoms with Crippen LogP contribution in [0, 0.1) is 11.6 Å². The number of rotatable bonds is 7. The minimum Gasteiger partial charge on any atom is -0.375 e. The van der Waals surface area contributed by atoms with Crippen LogP contribution in [0.2, 0.25) is 0 Å². The van der Waals surface area contributed by atoms with Gasteiger partial charge in [0.2, 0.25) is 0 Å². The Hall–Kier alpha value is -2.29. The van der Waals surface area contributed by atoms with Crippen LogP contribution >= 0.6 is 12.2 Å². The fourth-order valence-electron chi connectivity index (χ4n) is 3.52. The van der Waals surface area contributed by atoms with Crippen molar-refractivity contribution in [1.82, 2.24) is 15.8 Å². The molecule has 0 unspecified atom stereocenters. The number of benzene rings is 2. The number of hydrogen-bond acceptors (Lipinski definition) is 4. The Morgan fingerprint density at radius 1 is 1.25 bits per heavy atom. The first-order valence-corrected chi connectivity index (χ1v) is 9.60. The molecule has 8 heteroatoms. The lowest BCUT2D eigenvalue weighted by atomic mass is 10.1. The number of halogens is 2. The number of nitrogens with two attached hydrogens (primary N) is 1. The van der Waals surface area contributed by atoms with Gasteiger partial charge >= 0.3 is 0 Å². The molecule has 1 aliphatic rings. The highest BCUT2D eigenvalue weighted by Crippen LogP contribution is 2.27. The molecule has 5 nitrogen and oxygen atoms in total. The second-order valence-electron chi connectivity index (χ2n) is 7.01. The van der Waals surface area contributed by atoms with E-state index in [0.717, 1.165) is 26.1 Å². The van der Waals surface area contributed by atoms with Crippen LogP contribution in [-0.2, 0) is 13.1 Å². The van der Waals surface area contributed by atoms with E-state index in [2.05, 4.69) is 40.1 Å². The van der Waals surface area contributed by atoms with Gasteiger partial charge in [0, 0.05) is 50.9 Å². The lowest BCUT2D eigenvalue weighted by molar-refractivity contribution is 0.325. The number of nitrogens with zero attached hydrogens (tertiary/aromatic N) is 2. The second kappa shape index (κ2) is 9.27. The molecule has 3 rings (SSSR count). The maximum atomic E-state index is 14.6. The zero-order chi connectivity index (χ0) is 20.1. The number of anilines is 1. The molecule has 1 fully saturated rings. The maximum absolute atomic E-state index is 14.6. The Kier molecular flexibility index (Phi) is 6.77. The van der Waals surface area contributed by atoms with E-state index in [1.54, 1.807) is 0 Å². The summed E-state index contributed by atoms with van der Waals surface area (Å²) in [5, 5.41) is 0.0403. The Labute approximate surface area is 169 Å². The minimum atomic E-state index is -0.473. The molecule has 2 aromatic rings. The molecule has 0 spiro atoms. The van der Waals surface area contributed by atoms with Gasteiger partial charge in [-0.25, -0.2) is 14.2 Å². The summed E-state index contributed by atoms with van der Waals surface area (Å²) < 4.78 is 29.1. The summed E-state index contributed by atoms with van der Waals surface area (Å²) in [4.78, 5) is 4.18. The molecular formula is C20H25F2N5S. The van der Waals surface area contributed by atoms with E-state index >= 15 is 0 Å². The number of likely N-dealkylation sites (N-methyl/N-ethyl adjacent to an activating group) is 1. The average molecular weight is 406 g/mol. The first-order valence-electron chi connectivity index (χ1n) is 9.19. The highest BCUT2D eigenvalue weighted by atomic mass is 32.1. The Balaban J connectivity index is 1.63. The van der Waals surface area contributed by atoms with Crippen molar-refractivity contribution < 1.29 is 8.78 Å². The van der Waals surface area contributed by atoms with E-state index in [9.17, 15) is 8.78 Å². The molecule has 2 aromatic carbocycles. The van der Waals surface area contributed by atoms with Crippen molar-refractivity contribution in [2.45, 2.75) is 25.6 Å². The lowest BCUT2D eigenvalue weighted by Crippen LogP contribution is -2.40. The highest BCUT2D eigenvalue weighted by molar-refractivity contribution is 7.80. The van der Waals surface area contributed by atoms with Crippen LogP contribution in [0.25, 0.3) is 0 Å². The summed E-state index contributed by atoms with van der Waals surface area (Å²) in [6.07, 6.45) is 0.908. The van der Waals surface area contributed by atoms with Crippen LogP contribution < -0.4 is 21.5 Å². The minimum absolute atomic E-state index is 0.0403. The molecule has 1 saturated heterocycles. The smallest absolute Gasteiger partial charge is 0.178 e. The summed E-state index contributed by atoms with van der Waals surface area (Å²) >= 11 is 4.66. The number of hydrazine groups is 1. The van der Waals surface area contributed by atoms with Gasteiger partial charge in [0.25, 0.3) is 0 Å². The van der Waals surface area contributed by atoms with Crippen LogP contribution in [0.3, 0.4) is 0 Å². The quantitative estimate of drug-likeness (QED) is 0.486.